The lowest BCUT2D eigenvalue weighted by molar-refractivity contribution is 0.131. The zero-order valence-electron chi connectivity index (χ0n) is 11.4. The number of hydrogen-bond donors (Lipinski definition) is 1. The number of anilines is 1. The Morgan fingerprint density at radius 1 is 1.05 bits per heavy atom. The number of rotatable bonds is 2. The largest absolute Gasteiger partial charge is 0.490 e. The molecule has 2 atom stereocenters. The van der Waals surface area contributed by atoms with Crippen LogP contribution in [0.2, 0.25) is 0 Å². The third kappa shape index (κ3) is 2.53. The molecule has 1 aliphatic carbocycles. The minimum absolute atomic E-state index is 0.357. The first-order valence-corrected chi connectivity index (χ1v) is 7.18. The second kappa shape index (κ2) is 5.12. The third-order valence-corrected chi connectivity index (χ3v) is 4.10. The highest BCUT2D eigenvalue weighted by molar-refractivity contribution is 5.96. The quantitative estimate of drug-likeness (QED) is 0.808. The Morgan fingerprint density at radius 2 is 1.84 bits per heavy atom. The zero-order chi connectivity index (χ0) is 13.2. The molecule has 3 rings (SSSR count). The highest BCUT2D eigenvalue weighted by Crippen LogP contribution is 2.33. The van der Waals surface area contributed by atoms with Gasteiger partial charge < -0.3 is 10.5 Å². The van der Waals surface area contributed by atoms with Crippen LogP contribution in [0.1, 0.15) is 32.6 Å². The van der Waals surface area contributed by atoms with Crippen molar-refractivity contribution in [2.24, 2.45) is 5.92 Å². The summed E-state index contributed by atoms with van der Waals surface area (Å²) in [4.78, 5) is 0. The molecule has 2 aromatic rings. The lowest BCUT2D eigenvalue weighted by atomic mass is 9.88. The summed E-state index contributed by atoms with van der Waals surface area (Å²) in [5.74, 6) is 1.75. The summed E-state index contributed by atoms with van der Waals surface area (Å²) in [5, 5.41) is 2.21. The third-order valence-electron chi connectivity index (χ3n) is 4.10. The standard InChI is InChI=1S/C17H21NO/c1-12-5-4-6-13(11-12)19-17-10-9-16(18)14-7-2-3-8-15(14)17/h2-3,7-10,12-13H,4-6,11,18H2,1H3. The van der Waals surface area contributed by atoms with E-state index in [2.05, 4.69) is 19.1 Å². The van der Waals surface area contributed by atoms with Crippen LogP contribution >= 0.6 is 0 Å². The topological polar surface area (TPSA) is 35.2 Å². The molecule has 2 heteroatoms. The molecule has 0 aliphatic heterocycles. The lowest BCUT2D eigenvalue weighted by Crippen LogP contribution is -2.24. The minimum Gasteiger partial charge on any atom is -0.490 e. The number of benzene rings is 2. The molecule has 1 fully saturated rings. The molecule has 0 heterocycles. The van der Waals surface area contributed by atoms with Crippen LogP contribution < -0.4 is 10.5 Å². The van der Waals surface area contributed by atoms with Gasteiger partial charge in [0.15, 0.2) is 0 Å². The summed E-state index contributed by atoms with van der Waals surface area (Å²) in [5.41, 5.74) is 6.84. The van der Waals surface area contributed by atoms with E-state index in [-0.39, 0.29) is 0 Å². The van der Waals surface area contributed by atoms with Crippen molar-refractivity contribution in [3.63, 3.8) is 0 Å². The molecule has 2 unspecified atom stereocenters. The minimum atomic E-state index is 0.357. The van der Waals surface area contributed by atoms with E-state index in [0.29, 0.717) is 6.10 Å². The molecule has 1 aliphatic rings. The first-order chi connectivity index (χ1) is 9.24. The molecule has 19 heavy (non-hydrogen) atoms. The molecule has 2 aromatic carbocycles. The Hall–Kier alpha value is -1.70. The average molecular weight is 255 g/mol. The van der Waals surface area contributed by atoms with Gasteiger partial charge in [0.1, 0.15) is 5.75 Å². The summed E-state index contributed by atoms with van der Waals surface area (Å²) in [7, 11) is 0. The Morgan fingerprint density at radius 3 is 2.63 bits per heavy atom. The van der Waals surface area contributed by atoms with Crippen LogP contribution in [0.3, 0.4) is 0 Å². The monoisotopic (exact) mass is 255 g/mol. The number of fused-ring (bicyclic) bond motifs is 1. The highest BCUT2D eigenvalue weighted by Gasteiger charge is 2.20. The van der Waals surface area contributed by atoms with Gasteiger partial charge in [0, 0.05) is 16.5 Å². The van der Waals surface area contributed by atoms with Crippen LogP contribution in [0.25, 0.3) is 10.8 Å². The van der Waals surface area contributed by atoms with Crippen LogP contribution in [0.5, 0.6) is 5.75 Å². The molecule has 0 saturated heterocycles. The van der Waals surface area contributed by atoms with Gasteiger partial charge in [-0.05, 0) is 37.3 Å². The SMILES string of the molecule is CC1CCCC(Oc2ccc(N)c3ccccc23)C1. The van der Waals surface area contributed by atoms with Gasteiger partial charge in [-0.3, -0.25) is 0 Å². The second-order valence-corrected chi connectivity index (χ2v) is 5.71. The molecule has 0 spiro atoms. The molecule has 0 amide bonds. The van der Waals surface area contributed by atoms with Crippen molar-refractivity contribution in [3.8, 4) is 5.75 Å². The highest BCUT2D eigenvalue weighted by atomic mass is 16.5. The number of ether oxygens (including phenoxy) is 1. The van der Waals surface area contributed by atoms with E-state index < -0.39 is 0 Å². The molecular formula is C17H21NO. The maximum atomic E-state index is 6.24. The van der Waals surface area contributed by atoms with E-state index >= 15 is 0 Å². The molecule has 0 bridgehead atoms. The summed E-state index contributed by atoms with van der Waals surface area (Å²) in [6.07, 6.45) is 5.30. The summed E-state index contributed by atoms with van der Waals surface area (Å²) in [6.45, 7) is 2.32. The first-order valence-electron chi connectivity index (χ1n) is 7.18. The van der Waals surface area contributed by atoms with Gasteiger partial charge in [0.25, 0.3) is 0 Å². The predicted octanol–water partition coefficient (Wildman–Crippen LogP) is 4.38. The van der Waals surface area contributed by atoms with Gasteiger partial charge in [-0.1, -0.05) is 37.6 Å². The summed E-state index contributed by atoms with van der Waals surface area (Å²) in [6, 6.07) is 12.2. The van der Waals surface area contributed by atoms with Crippen LogP contribution in [-0.4, -0.2) is 6.10 Å². The Labute approximate surface area is 114 Å². The maximum Gasteiger partial charge on any atom is 0.127 e. The molecular weight excluding hydrogens is 234 g/mol. The van der Waals surface area contributed by atoms with Crippen molar-refractivity contribution in [1.82, 2.24) is 0 Å². The fourth-order valence-electron chi connectivity index (χ4n) is 3.06. The summed E-state index contributed by atoms with van der Waals surface area (Å²) >= 11 is 0. The molecule has 2 nitrogen and oxygen atoms in total. The molecule has 0 radical (unpaired) electrons. The van der Waals surface area contributed by atoms with Crippen LogP contribution in [-0.2, 0) is 0 Å². The van der Waals surface area contributed by atoms with Gasteiger partial charge >= 0.3 is 0 Å². The number of nitrogens with two attached hydrogens (primary N) is 1. The molecule has 0 aromatic heterocycles. The van der Waals surface area contributed by atoms with Crippen LogP contribution in [0, 0.1) is 5.92 Å². The van der Waals surface area contributed by atoms with Crippen molar-refractivity contribution < 1.29 is 4.74 Å². The van der Waals surface area contributed by atoms with Crippen molar-refractivity contribution in [1.29, 1.82) is 0 Å². The molecule has 100 valence electrons. The average Bonchev–Trinajstić information content (AvgIpc) is 2.42. The van der Waals surface area contributed by atoms with E-state index in [1.54, 1.807) is 0 Å². The number of hydrogen-bond acceptors (Lipinski definition) is 2. The van der Waals surface area contributed by atoms with Gasteiger partial charge in [-0.15, -0.1) is 0 Å². The molecule has 2 N–H and O–H groups in total. The van der Waals surface area contributed by atoms with Gasteiger partial charge in [0.05, 0.1) is 6.10 Å². The molecule has 1 saturated carbocycles. The predicted molar refractivity (Wildman–Crippen MR) is 80.4 cm³/mol. The van der Waals surface area contributed by atoms with Crippen molar-refractivity contribution in [2.75, 3.05) is 5.73 Å². The maximum absolute atomic E-state index is 6.24. The Kier molecular flexibility index (Phi) is 3.33. The van der Waals surface area contributed by atoms with Gasteiger partial charge in [-0.2, -0.15) is 0 Å². The van der Waals surface area contributed by atoms with E-state index in [4.69, 9.17) is 10.5 Å². The lowest BCUT2D eigenvalue weighted by Gasteiger charge is -2.28. The van der Waals surface area contributed by atoms with Gasteiger partial charge in [0.2, 0.25) is 0 Å². The summed E-state index contributed by atoms with van der Waals surface area (Å²) < 4.78 is 6.24. The second-order valence-electron chi connectivity index (χ2n) is 5.71. The van der Waals surface area contributed by atoms with E-state index in [1.165, 1.54) is 25.7 Å². The number of nitrogen functional groups attached to an aromatic ring is 1. The smallest absolute Gasteiger partial charge is 0.127 e. The van der Waals surface area contributed by atoms with Gasteiger partial charge in [-0.25, -0.2) is 0 Å². The van der Waals surface area contributed by atoms with E-state index in [1.807, 2.05) is 24.3 Å². The van der Waals surface area contributed by atoms with E-state index in [0.717, 1.165) is 28.1 Å². The Bertz CT molecular complexity index is 578. The fraction of sp³-hybridized carbons (Fsp3) is 0.412. The van der Waals surface area contributed by atoms with Crippen LogP contribution in [0.4, 0.5) is 5.69 Å². The first kappa shape index (κ1) is 12.3. The zero-order valence-corrected chi connectivity index (χ0v) is 11.4. The van der Waals surface area contributed by atoms with E-state index in [9.17, 15) is 0 Å². The van der Waals surface area contributed by atoms with Crippen molar-refractivity contribution in [3.05, 3.63) is 36.4 Å². The van der Waals surface area contributed by atoms with Crippen molar-refractivity contribution >= 4 is 16.5 Å². The Balaban J connectivity index is 1.90. The normalized spacial score (nSPS) is 23.4. The fourth-order valence-corrected chi connectivity index (χ4v) is 3.06. The van der Waals surface area contributed by atoms with Crippen LogP contribution in [0.15, 0.2) is 36.4 Å². The van der Waals surface area contributed by atoms with Crippen molar-refractivity contribution in [2.45, 2.75) is 38.7 Å².